The Morgan fingerprint density at radius 3 is 3.13 bits per heavy atom. The van der Waals surface area contributed by atoms with Crippen LogP contribution >= 0.6 is 11.3 Å². The number of rotatable bonds is 3. The van der Waals surface area contributed by atoms with Crippen molar-refractivity contribution in [1.29, 1.82) is 0 Å². The van der Waals surface area contributed by atoms with Crippen LogP contribution in [0.15, 0.2) is 17.5 Å². The third-order valence-corrected chi connectivity index (χ3v) is 3.68. The predicted molar refractivity (Wildman–Crippen MR) is 61.8 cm³/mol. The number of amides is 1. The summed E-state index contributed by atoms with van der Waals surface area (Å²) in [5, 5.41) is 2.05. The first-order valence-electron chi connectivity index (χ1n) is 5.31. The van der Waals surface area contributed by atoms with Crippen LogP contribution in [-0.2, 0) is 11.2 Å². The molecule has 1 aromatic rings. The summed E-state index contributed by atoms with van der Waals surface area (Å²) < 4.78 is 0. The molecule has 2 N–H and O–H groups in total. The fourth-order valence-corrected chi connectivity index (χ4v) is 2.57. The molecule has 1 aromatic heterocycles. The van der Waals surface area contributed by atoms with E-state index in [1.165, 1.54) is 4.88 Å². The molecule has 0 aromatic carbocycles. The Morgan fingerprint density at radius 1 is 1.67 bits per heavy atom. The highest BCUT2D eigenvalue weighted by molar-refractivity contribution is 7.09. The Labute approximate surface area is 93.9 Å². The third-order valence-electron chi connectivity index (χ3n) is 2.74. The minimum Gasteiger partial charge on any atom is -0.341 e. The van der Waals surface area contributed by atoms with Crippen LogP contribution < -0.4 is 5.73 Å². The fourth-order valence-electron chi connectivity index (χ4n) is 1.86. The lowest BCUT2D eigenvalue weighted by atomic mass is 10.2. The van der Waals surface area contributed by atoms with Gasteiger partial charge < -0.3 is 10.6 Å². The predicted octanol–water partition coefficient (Wildman–Crippen LogP) is 1.24. The molecule has 0 radical (unpaired) electrons. The molecule has 1 aliphatic heterocycles. The molecule has 1 amide bonds. The molecule has 1 aliphatic rings. The molecule has 1 saturated heterocycles. The fraction of sp³-hybridized carbons (Fsp3) is 0.545. The highest BCUT2D eigenvalue weighted by atomic mass is 32.1. The van der Waals surface area contributed by atoms with Gasteiger partial charge in [-0.05, 0) is 24.3 Å². The molecule has 2 heterocycles. The highest BCUT2D eigenvalue weighted by Gasteiger charge is 2.22. The molecule has 0 spiro atoms. The van der Waals surface area contributed by atoms with Crippen LogP contribution in [-0.4, -0.2) is 29.9 Å². The maximum Gasteiger partial charge on any atom is 0.222 e. The molecule has 4 heteroatoms. The molecule has 0 bridgehead atoms. The van der Waals surface area contributed by atoms with Gasteiger partial charge in [0.15, 0.2) is 0 Å². The monoisotopic (exact) mass is 224 g/mol. The minimum atomic E-state index is 0.190. The summed E-state index contributed by atoms with van der Waals surface area (Å²) in [6, 6.07) is 4.29. The summed E-state index contributed by atoms with van der Waals surface area (Å²) in [7, 11) is 0. The Kier molecular flexibility index (Phi) is 3.38. The van der Waals surface area contributed by atoms with Crippen LogP contribution in [0.3, 0.4) is 0 Å². The summed E-state index contributed by atoms with van der Waals surface area (Å²) in [4.78, 5) is 14.9. The number of thiophene rings is 1. The summed E-state index contributed by atoms with van der Waals surface area (Å²) >= 11 is 1.71. The van der Waals surface area contributed by atoms with Gasteiger partial charge in [0.05, 0.1) is 0 Å². The van der Waals surface area contributed by atoms with Crippen molar-refractivity contribution in [3.05, 3.63) is 22.4 Å². The van der Waals surface area contributed by atoms with Crippen molar-refractivity contribution in [3.63, 3.8) is 0 Å². The highest BCUT2D eigenvalue weighted by Crippen LogP contribution is 2.14. The average Bonchev–Trinajstić information content (AvgIpc) is 2.84. The molecule has 3 nitrogen and oxygen atoms in total. The van der Waals surface area contributed by atoms with Crippen LogP contribution in [0.1, 0.15) is 17.7 Å². The topological polar surface area (TPSA) is 46.3 Å². The average molecular weight is 224 g/mol. The maximum atomic E-state index is 11.8. The Hall–Kier alpha value is -0.870. The van der Waals surface area contributed by atoms with Crippen molar-refractivity contribution in [2.45, 2.75) is 25.3 Å². The van der Waals surface area contributed by atoms with E-state index < -0.39 is 0 Å². The van der Waals surface area contributed by atoms with E-state index in [1.54, 1.807) is 11.3 Å². The Morgan fingerprint density at radius 2 is 2.53 bits per heavy atom. The van der Waals surface area contributed by atoms with Crippen molar-refractivity contribution in [2.24, 2.45) is 5.73 Å². The zero-order valence-electron chi connectivity index (χ0n) is 8.69. The van der Waals surface area contributed by atoms with Crippen LogP contribution in [0.2, 0.25) is 0 Å². The lowest BCUT2D eigenvalue weighted by Crippen LogP contribution is -2.31. The van der Waals surface area contributed by atoms with Crippen LogP contribution in [0, 0.1) is 0 Å². The third kappa shape index (κ3) is 2.79. The van der Waals surface area contributed by atoms with E-state index in [0.29, 0.717) is 6.42 Å². The molecule has 2 rings (SSSR count). The smallest absolute Gasteiger partial charge is 0.222 e. The summed E-state index contributed by atoms with van der Waals surface area (Å²) in [6.07, 6.45) is 2.43. The van der Waals surface area contributed by atoms with Gasteiger partial charge in [0, 0.05) is 30.4 Å². The lowest BCUT2D eigenvalue weighted by molar-refractivity contribution is -0.130. The number of hydrogen-bond acceptors (Lipinski definition) is 3. The largest absolute Gasteiger partial charge is 0.341 e. The normalized spacial score (nSPS) is 20.9. The molecular formula is C11H16N2OS. The van der Waals surface area contributed by atoms with Gasteiger partial charge >= 0.3 is 0 Å². The Balaban J connectivity index is 1.78. The van der Waals surface area contributed by atoms with E-state index in [-0.39, 0.29) is 11.9 Å². The second-order valence-electron chi connectivity index (χ2n) is 3.97. The van der Waals surface area contributed by atoms with Crippen LogP contribution in [0.25, 0.3) is 0 Å². The van der Waals surface area contributed by atoms with Gasteiger partial charge in [-0.25, -0.2) is 0 Å². The van der Waals surface area contributed by atoms with Crippen molar-refractivity contribution in [1.82, 2.24) is 4.90 Å². The molecule has 0 saturated carbocycles. The quantitative estimate of drug-likeness (QED) is 0.839. The first-order valence-corrected chi connectivity index (χ1v) is 6.19. The number of carbonyl (C=O) groups excluding carboxylic acids is 1. The van der Waals surface area contributed by atoms with Gasteiger partial charge in [-0.15, -0.1) is 11.3 Å². The number of aryl methyl sites for hydroxylation is 1. The van der Waals surface area contributed by atoms with E-state index in [4.69, 9.17) is 5.73 Å². The van der Waals surface area contributed by atoms with Gasteiger partial charge in [-0.2, -0.15) is 0 Å². The van der Waals surface area contributed by atoms with Gasteiger partial charge in [0.25, 0.3) is 0 Å². The zero-order chi connectivity index (χ0) is 10.7. The van der Waals surface area contributed by atoms with E-state index in [1.807, 2.05) is 16.3 Å². The molecule has 82 valence electrons. The van der Waals surface area contributed by atoms with Crippen molar-refractivity contribution in [2.75, 3.05) is 13.1 Å². The Bertz CT molecular complexity index is 323. The molecule has 1 fully saturated rings. The standard InChI is InChI=1S/C11H16N2OS/c12-9-5-6-13(8-9)11(14)4-3-10-2-1-7-15-10/h1-2,7,9H,3-6,8,12H2/t9-/m0/s1. The second-order valence-corrected chi connectivity index (χ2v) is 5.00. The van der Waals surface area contributed by atoms with E-state index in [9.17, 15) is 4.79 Å². The first-order chi connectivity index (χ1) is 7.25. The zero-order valence-corrected chi connectivity index (χ0v) is 9.50. The van der Waals surface area contributed by atoms with E-state index in [0.717, 1.165) is 25.9 Å². The summed E-state index contributed by atoms with van der Waals surface area (Å²) in [5.74, 6) is 0.247. The minimum absolute atomic E-state index is 0.190. The lowest BCUT2D eigenvalue weighted by Gasteiger charge is -2.15. The molecule has 0 unspecified atom stereocenters. The number of nitrogens with two attached hydrogens (primary N) is 1. The van der Waals surface area contributed by atoms with Gasteiger partial charge in [-0.1, -0.05) is 6.07 Å². The van der Waals surface area contributed by atoms with Gasteiger partial charge in [-0.3, -0.25) is 4.79 Å². The number of nitrogens with zero attached hydrogens (tertiary/aromatic N) is 1. The van der Waals surface area contributed by atoms with Crippen molar-refractivity contribution < 1.29 is 4.79 Å². The van der Waals surface area contributed by atoms with Gasteiger partial charge in [0.1, 0.15) is 0 Å². The molecule has 15 heavy (non-hydrogen) atoms. The van der Waals surface area contributed by atoms with Crippen LogP contribution in [0.4, 0.5) is 0 Å². The summed E-state index contributed by atoms with van der Waals surface area (Å²) in [6.45, 7) is 1.58. The molecular weight excluding hydrogens is 208 g/mol. The van der Waals surface area contributed by atoms with E-state index >= 15 is 0 Å². The van der Waals surface area contributed by atoms with Crippen molar-refractivity contribution >= 4 is 17.2 Å². The first kappa shape index (κ1) is 10.6. The van der Waals surface area contributed by atoms with Gasteiger partial charge in [0.2, 0.25) is 5.91 Å². The van der Waals surface area contributed by atoms with Crippen LogP contribution in [0.5, 0.6) is 0 Å². The number of hydrogen-bond donors (Lipinski definition) is 1. The van der Waals surface area contributed by atoms with Crippen molar-refractivity contribution in [3.8, 4) is 0 Å². The molecule has 0 aliphatic carbocycles. The number of carbonyl (C=O) groups is 1. The SMILES string of the molecule is N[C@H]1CCN(C(=O)CCc2cccs2)C1. The molecule has 1 atom stereocenters. The maximum absolute atomic E-state index is 11.8. The van der Waals surface area contributed by atoms with E-state index in [2.05, 4.69) is 6.07 Å². The number of likely N-dealkylation sites (tertiary alicyclic amines) is 1. The second kappa shape index (κ2) is 4.77. The summed E-state index contributed by atoms with van der Waals surface area (Å²) in [5.41, 5.74) is 5.76.